The Morgan fingerprint density at radius 2 is 1.81 bits per heavy atom. The Bertz CT molecular complexity index is 885. The summed E-state index contributed by atoms with van der Waals surface area (Å²) in [5, 5.41) is 4.17. The van der Waals surface area contributed by atoms with Crippen LogP contribution in [-0.4, -0.2) is 23.5 Å². The van der Waals surface area contributed by atoms with Gasteiger partial charge in [0.15, 0.2) is 16.7 Å². The van der Waals surface area contributed by atoms with E-state index in [1.807, 2.05) is 30.3 Å². The summed E-state index contributed by atoms with van der Waals surface area (Å²) < 4.78 is 40.8. The van der Waals surface area contributed by atoms with E-state index < -0.39 is 11.6 Å². The van der Waals surface area contributed by atoms with E-state index in [-0.39, 0.29) is 23.1 Å². The molecule has 0 amide bonds. The predicted molar refractivity (Wildman–Crippen MR) is 95.2 cm³/mol. The number of halogens is 3. The zero-order chi connectivity index (χ0) is 18.5. The van der Waals surface area contributed by atoms with Gasteiger partial charge in [0.25, 0.3) is 0 Å². The molecule has 0 aliphatic carbocycles. The largest absolute Gasteiger partial charge is 0.486 e. The molecule has 7 heteroatoms. The fourth-order valence-electron chi connectivity index (χ4n) is 2.46. The van der Waals surface area contributed by atoms with Crippen LogP contribution in [0.5, 0.6) is 5.75 Å². The molecule has 3 rings (SSSR count). The van der Waals surface area contributed by atoms with Gasteiger partial charge in [0, 0.05) is 24.4 Å². The van der Waals surface area contributed by atoms with Crippen LogP contribution in [0.15, 0.2) is 48.7 Å². The molecule has 0 N–H and O–H groups in total. The number of hydrogen-bond acceptors (Lipinski definition) is 3. The third-order valence-corrected chi connectivity index (χ3v) is 4.09. The van der Waals surface area contributed by atoms with E-state index in [2.05, 4.69) is 5.10 Å². The number of aromatic nitrogens is 2. The Morgan fingerprint density at radius 1 is 1.04 bits per heavy atom. The zero-order valence-electron chi connectivity index (χ0n) is 14.1. The Hall–Kier alpha value is -2.44. The van der Waals surface area contributed by atoms with Gasteiger partial charge in [-0.05, 0) is 17.7 Å². The van der Waals surface area contributed by atoms with Crippen LogP contribution in [0.2, 0.25) is 5.15 Å². The maximum absolute atomic E-state index is 14.5. The topological polar surface area (TPSA) is 36.3 Å². The van der Waals surface area contributed by atoms with Gasteiger partial charge >= 0.3 is 0 Å². The molecule has 0 aliphatic heterocycles. The molecule has 0 saturated carbocycles. The third-order valence-electron chi connectivity index (χ3n) is 3.82. The van der Waals surface area contributed by atoms with Crippen LogP contribution in [0.25, 0.3) is 11.1 Å². The summed E-state index contributed by atoms with van der Waals surface area (Å²) in [4.78, 5) is 0. The summed E-state index contributed by atoms with van der Waals surface area (Å²) in [5.74, 6) is -2.24. The second-order valence-electron chi connectivity index (χ2n) is 5.60. The lowest BCUT2D eigenvalue weighted by atomic mass is 10.1. The minimum absolute atomic E-state index is 0.0308. The van der Waals surface area contributed by atoms with Crippen molar-refractivity contribution in [3.63, 3.8) is 0 Å². The highest BCUT2D eigenvalue weighted by atomic mass is 35.5. The molecular formula is C19H17ClF2N2O2. The summed E-state index contributed by atoms with van der Waals surface area (Å²) in [5.41, 5.74) is 1.20. The lowest BCUT2D eigenvalue weighted by molar-refractivity contribution is 0.183. The molecule has 26 heavy (non-hydrogen) atoms. The van der Waals surface area contributed by atoms with Gasteiger partial charge in [0.1, 0.15) is 6.61 Å². The van der Waals surface area contributed by atoms with Crippen LogP contribution in [0.1, 0.15) is 5.56 Å². The fourth-order valence-corrected chi connectivity index (χ4v) is 2.71. The molecular weight excluding hydrogens is 362 g/mol. The van der Waals surface area contributed by atoms with Gasteiger partial charge in [0.05, 0.1) is 13.2 Å². The molecule has 0 unspecified atom stereocenters. The molecule has 4 nitrogen and oxygen atoms in total. The maximum Gasteiger partial charge on any atom is 0.201 e. The van der Waals surface area contributed by atoms with Crippen molar-refractivity contribution in [1.82, 2.24) is 9.78 Å². The Labute approximate surface area is 154 Å². The first-order valence-corrected chi connectivity index (χ1v) is 8.35. The van der Waals surface area contributed by atoms with Gasteiger partial charge in [-0.2, -0.15) is 9.49 Å². The smallest absolute Gasteiger partial charge is 0.201 e. The molecule has 3 aromatic rings. The van der Waals surface area contributed by atoms with E-state index in [1.54, 1.807) is 13.3 Å². The summed E-state index contributed by atoms with van der Waals surface area (Å²) in [7, 11) is 1.56. The molecule has 0 fully saturated rings. The van der Waals surface area contributed by atoms with E-state index in [0.717, 1.165) is 5.56 Å². The van der Waals surface area contributed by atoms with Crippen LogP contribution in [-0.2, 0) is 17.9 Å². The van der Waals surface area contributed by atoms with Crippen LogP contribution >= 0.6 is 11.6 Å². The molecule has 0 atom stereocenters. The van der Waals surface area contributed by atoms with Crippen molar-refractivity contribution in [3.05, 3.63) is 71.0 Å². The first kappa shape index (κ1) is 18.4. The van der Waals surface area contributed by atoms with Gasteiger partial charge in [-0.25, -0.2) is 4.39 Å². The van der Waals surface area contributed by atoms with E-state index in [9.17, 15) is 8.78 Å². The van der Waals surface area contributed by atoms with Crippen molar-refractivity contribution in [2.75, 3.05) is 13.7 Å². The van der Waals surface area contributed by atoms with Crippen molar-refractivity contribution in [2.24, 2.45) is 0 Å². The first-order valence-electron chi connectivity index (χ1n) is 7.97. The average Bonchev–Trinajstić information content (AvgIpc) is 3.02. The van der Waals surface area contributed by atoms with Gasteiger partial charge in [-0.15, -0.1) is 0 Å². The quantitative estimate of drug-likeness (QED) is 0.597. The number of rotatable bonds is 7. The molecule has 0 bridgehead atoms. The molecule has 0 spiro atoms. The Kier molecular flexibility index (Phi) is 5.85. The molecule has 1 aromatic heterocycles. The minimum Gasteiger partial charge on any atom is -0.486 e. The molecule has 1 heterocycles. The summed E-state index contributed by atoms with van der Waals surface area (Å²) in [6.45, 7) is 1.03. The fraction of sp³-hybridized carbons (Fsp3) is 0.211. The SMILES string of the molecule is COCCn1cc(-c2ccc(OCc3ccccc3)c(F)c2F)c(Cl)n1. The third kappa shape index (κ3) is 4.03. The van der Waals surface area contributed by atoms with Gasteiger partial charge in [0.2, 0.25) is 5.82 Å². The predicted octanol–water partition coefficient (Wildman–Crippen LogP) is 4.71. The lowest BCUT2D eigenvalue weighted by Crippen LogP contribution is -2.04. The van der Waals surface area contributed by atoms with Crippen LogP contribution in [0, 0.1) is 11.6 Å². The molecule has 2 aromatic carbocycles. The second kappa shape index (κ2) is 8.29. The van der Waals surface area contributed by atoms with Crippen molar-refractivity contribution >= 4 is 11.6 Å². The van der Waals surface area contributed by atoms with Crippen LogP contribution < -0.4 is 4.74 Å². The van der Waals surface area contributed by atoms with Gasteiger partial charge < -0.3 is 9.47 Å². The first-order chi connectivity index (χ1) is 12.6. The van der Waals surface area contributed by atoms with Gasteiger partial charge in [-0.1, -0.05) is 41.9 Å². The van der Waals surface area contributed by atoms with E-state index in [0.29, 0.717) is 18.7 Å². The highest BCUT2D eigenvalue weighted by Crippen LogP contribution is 2.33. The molecule has 0 saturated heterocycles. The number of hydrogen-bond donors (Lipinski definition) is 0. The molecule has 0 radical (unpaired) electrons. The minimum atomic E-state index is -1.06. The van der Waals surface area contributed by atoms with E-state index in [4.69, 9.17) is 21.1 Å². The average molecular weight is 379 g/mol. The Morgan fingerprint density at radius 3 is 2.54 bits per heavy atom. The van der Waals surface area contributed by atoms with Crippen LogP contribution in [0.4, 0.5) is 8.78 Å². The summed E-state index contributed by atoms with van der Waals surface area (Å²) in [6.07, 6.45) is 1.56. The van der Waals surface area contributed by atoms with Crippen LogP contribution in [0.3, 0.4) is 0 Å². The number of methoxy groups -OCH3 is 1. The second-order valence-corrected chi connectivity index (χ2v) is 5.96. The highest BCUT2D eigenvalue weighted by Gasteiger charge is 2.19. The summed E-state index contributed by atoms with van der Waals surface area (Å²) in [6, 6.07) is 12.1. The number of benzene rings is 2. The monoisotopic (exact) mass is 378 g/mol. The van der Waals surface area contributed by atoms with Crippen molar-refractivity contribution in [2.45, 2.75) is 13.2 Å². The number of ether oxygens (including phenoxy) is 2. The molecule has 136 valence electrons. The van der Waals surface area contributed by atoms with Gasteiger partial charge in [-0.3, -0.25) is 4.68 Å². The van der Waals surface area contributed by atoms with Crippen molar-refractivity contribution < 1.29 is 18.3 Å². The lowest BCUT2D eigenvalue weighted by Gasteiger charge is -2.10. The van der Waals surface area contributed by atoms with Crippen molar-refractivity contribution in [3.8, 4) is 16.9 Å². The summed E-state index contributed by atoms with van der Waals surface area (Å²) >= 11 is 6.07. The zero-order valence-corrected chi connectivity index (χ0v) is 14.8. The highest BCUT2D eigenvalue weighted by molar-refractivity contribution is 6.32. The number of nitrogens with zero attached hydrogens (tertiary/aromatic N) is 2. The standard InChI is InChI=1S/C19H17ClF2N2O2/c1-25-10-9-24-11-15(19(20)23-24)14-7-8-16(18(22)17(14)21)26-12-13-5-3-2-4-6-13/h2-8,11H,9-10,12H2,1H3. The van der Waals surface area contributed by atoms with E-state index in [1.165, 1.54) is 16.8 Å². The Balaban J connectivity index is 1.82. The normalized spacial score (nSPS) is 10.9. The molecule has 0 aliphatic rings. The van der Waals surface area contributed by atoms with Crippen molar-refractivity contribution in [1.29, 1.82) is 0 Å². The maximum atomic E-state index is 14.5. The van der Waals surface area contributed by atoms with E-state index >= 15 is 0 Å².